The molecule has 1 unspecified atom stereocenters. The van der Waals surface area contributed by atoms with Crippen molar-refractivity contribution in [2.45, 2.75) is 31.2 Å². The summed E-state index contributed by atoms with van der Waals surface area (Å²) in [5, 5.41) is 9.52. The number of benzene rings is 1. The first kappa shape index (κ1) is 15.5. The van der Waals surface area contributed by atoms with Crippen molar-refractivity contribution in [3.05, 3.63) is 42.2 Å². The Hall–Kier alpha value is -1.86. The van der Waals surface area contributed by atoms with Crippen molar-refractivity contribution < 1.29 is 8.42 Å². The largest absolute Gasteiger partial charge is 0.310 e. The molecule has 1 atom stereocenters. The van der Waals surface area contributed by atoms with E-state index in [2.05, 4.69) is 34.1 Å². The number of H-pyrrole nitrogens is 1. The van der Waals surface area contributed by atoms with Gasteiger partial charge in [0, 0.05) is 17.9 Å². The smallest absolute Gasteiger partial charge is 0.265 e. The third-order valence-electron chi connectivity index (χ3n) is 3.15. The van der Waals surface area contributed by atoms with Gasteiger partial charge in [0.25, 0.3) is 10.0 Å². The fourth-order valence-corrected chi connectivity index (χ4v) is 2.88. The summed E-state index contributed by atoms with van der Waals surface area (Å²) >= 11 is 0. The Balaban J connectivity index is 2.06. The summed E-state index contributed by atoms with van der Waals surface area (Å²) in [6.45, 7) is 5.16. The quantitative estimate of drug-likeness (QED) is 0.732. The lowest BCUT2D eigenvalue weighted by Crippen LogP contribution is -2.19. The van der Waals surface area contributed by atoms with E-state index in [1.807, 2.05) is 12.1 Å². The average Bonchev–Trinajstić information content (AvgIpc) is 3.00. The molecule has 0 saturated heterocycles. The highest BCUT2D eigenvalue weighted by Crippen LogP contribution is 2.18. The highest BCUT2D eigenvalue weighted by Gasteiger charge is 2.15. The number of nitrogens with one attached hydrogen (secondary N) is 3. The third-order valence-corrected chi connectivity index (χ3v) is 4.50. The van der Waals surface area contributed by atoms with Crippen LogP contribution in [0.15, 0.2) is 41.6 Å². The Morgan fingerprint density at radius 3 is 2.57 bits per heavy atom. The Morgan fingerprint density at radius 1 is 1.29 bits per heavy atom. The number of sulfonamides is 1. The molecule has 0 radical (unpaired) electrons. The SMILES string of the molecule is CCCNC(C)c1ccc(NS(=O)(=O)c2cn[nH]c2)cc1. The summed E-state index contributed by atoms with van der Waals surface area (Å²) < 4.78 is 26.6. The molecule has 0 fully saturated rings. The molecule has 0 spiro atoms. The van der Waals surface area contributed by atoms with E-state index in [-0.39, 0.29) is 10.9 Å². The minimum atomic E-state index is -3.58. The van der Waals surface area contributed by atoms with Gasteiger partial charge >= 0.3 is 0 Å². The van der Waals surface area contributed by atoms with Crippen molar-refractivity contribution in [3.8, 4) is 0 Å². The first-order valence-electron chi connectivity index (χ1n) is 6.88. The molecule has 0 bridgehead atoms. The maximum absolute atomic E-state index is 12.0. The number of anilines is 1. The Kier molecular flexibility index (Phi) is 4.98. The number of hydrogen-bond donors (Lipinski definition) is 3. The van der Waals surface area contributed by atoms with E-state index in [1.54, 1.807) is 12.1 Å². The van der Waals surface area contributed by atoms with Crippen molar-refractivity contribution in [3.63, 3.8) is 0 Å². The Labute approximate surface area is 125 Å². The van der Waals surface area contributed by atoms with E-state index in [0.717, 1.165) is 18.5 Å². The molecule has 21 heavy (non-hydrogen) atoms. The van der Waals surface area contributed by atoms with Crippen LogP contribution in [0, 0.1) is 0 Å². The van der Waals surface area contributed by atoms with E-state index in [4.69, 9.17) is 0 Å². The average molecular weight is 308 g/mol. The maximum atomic E-state index is 12.0. The van der Waals surface area contributed by atoms with Crippen LogP contribution in [0.25, 0.3) is 0 Å². The summed E-state index contributed by atoms with van der Waals surface area (Å²) in [6.07, 6.45) is 3.69. The van der Waals surface area contributed by atoms with Crippen molar-refractivity contribution in [1.82, 2.24) is 15.5 Å². The second kappa shape index (κ2) is 6.73. The van der Waals surface area contributed by atoms with Crippen LogP contribution in [0.4, 0.5) is 5.69 Å². The molecular formula is C14H20N4O2S. The molecule has 1 aromatic carbocycles. The van der Waals surface area contributed by atoms with E-state index >= 15 is 0 Å². The monoisotopic (exact) mass is 308 g/mol. The molecule has 3 N–H and O–H groups in total. The zero-order valence-corrected chi connectivity index (χ0v) is 12.9. The van der Waals surface area contributed by atoms with E-state index in [9.17, 15) is 8.42 Å². The molecule has 1 heterocycles. The summed E-state index contributed by atoms with van der Waals surface area (Å²) in [7, 11) is -3.58. The van der Waals surface area contributed by atoms with Crippen LogP contribution in [-0.4, -0.2) is 25.2 Å². The van der Waals surface area contributed by atoms with Gasteiger partial charge in [0.15, 0.2) is 0 Å². The standard InChI is InChI=1S/C14H20N4O2S/c1-3-8-15-11(2)12-4-6-13(7-5-12)18-21(19,20)14-9-16-17-10-14/h4-7,9-11,15,18H,3,8H2,1-2H3,(H,16,17). The van der Waals surface area contributed by atoms with Gasteiger partial charge in [0.2, 0.25) is 0 Å². The van der Waals surface area contributed by atoms with Gasteiger partial charge in [-0.1, -0.05) is 19.1 Å². The molecule has 114 valence electrons. The molecule has 0 aliphatic heterocycles. The van der Waals surface area contributed by atoms with Crippen LogP contribution in [-0.2, 0) is 10.0 Å². The fraction of sp³-hybridized carbons (Fsp3) is 0.357. The number of nitrogens with zero attached hydrogens (tertiary/aromatic N) is 1. The number of aromatic nitrogens is 2. The molecule has 2 rings (SSSR count). The maximum Gasteiger partial charge on any atom is 0.265 e. The van der Waals surface area contributed by atoms with Gasteiger partial charge in [-0.2, -0.15) is 5.10 Å². The van der Waals surface area contributed by atoms with Gasteiger partial charge in [-0.05, 0) is 37.6 Å². The predicted molar refractivity (Wildman–Crippen MR) is 82.5 cm³/mol. The molecule has 7 heteroatoms. The molecule has 0 aliphatic carbocycles. The second-order valence-electron chi connectivity index (χ2n) is 4.84. The van der Waals surface area contributed by atoms with Crippen molar-refractivity contribution in [1.29, 1.82) is 0 Å². The van der Waals surface area contributed by atoms with E-state index in [1.165, 1.54) is 12.4 Å². The highest BCUT2D eigenvalue weighted by molar-refractivity contribution is 7.92. The first-order chi connectivity index (χ1) is 10.0. The first-order valence-corrected chi connectivity index (χ1v) is 8.36. The van der Waals surface area contributed by atoms with Gasteiger partial charge in [0.1, 0.15) is 4.90 Å². The number of rotatable bonds is 7. The van der Waals surface area contributed by atoms with Gasteiger partial charge < -0.3 is 5.32 Å². The minimum Gasteiger partial charge on any atom is -0.310 e. The van der Waals surface area contributed by atoms with E-state index in [0.29, 0.717) is 5.69 Å². The molecule has 1 aromatic heterocycles. The van der Waals surface area contributed by atoms with Crippen LogP contribution in [0.1, 0.15) is 31.9 Å². The topological polar surface area (TPSA) is 86.9 Å². The van der Waals surface area contributed by atoms with Gasteiger partial charge in [-0.15, -0.1) is 0 Å². The summed E-state index contributed by atoms with van der Waals surface area (Å²) in [6, 6.07) is 7.60. The summed E-state index contributed by atoms with van der Waals surface area (Å²) in [5.74, 6) is 0. The lowest BCUT2D eigenvalue weighted by Gasteiger charge is -2.14. The molecule has 0 aliphatic rings. The zero-order chi connectivity index (χ0) is 15.3. The van der Waals surface area contributed by atoms with Crippen LogP contribution in [0.2, 0.25) is 0 Å². The normalized spacial score (nSPS) is 13.0. The molecule has 2 aromatic rings. The van der Waals surface area contributed by atoms with Crippen molar-refractivity contribution in [2.75, 3.05) is 11.3 Å². The third kappa shape index (κ3) is 4.05. The highest BCUT2D eigenvalue weighted by atomic mass is 32.2. The number of aromatic amines is 1. The lowest BCUT2D eigenvalue weighted by atomic mass is 10.1. The summed E-state index contributed by atoms with van der Waals surface area (Å²) in [5.41, 5.74) is 1.65. The minimum absolute atomic E-state index is 0.115. The molecule has 0 saturated carbocycles. The lowest BCUT2D eigenvalue weighted by molar-refractivity contribution is 0.571. The van der Waals surface area contributed by atoms with Crippen molar-refractivity contribution in [2.24, 2.45) is 0 Å². The predicted octanol–water partition coefficient (Wildman–Crippen LogP) is 2.27. The fourth-order valence-electron chi connectivity index (χ4n) is 1.92. The summed E-state index contributed by atoms with van der Waals surface area (Å²) in [4.78, 5) is 0.115. The molecule has 6 nitrogen and oxygen atoms in total. The zero-order valence-electron chi connectivity index (χ0n) is 12.1. The second-order valence-corrected chi connectivity index (χ2v) is 6.52. The van der Waals surface area contributed by atoms with Gasteiger partial charge in [-0.25, -0.2) is 8.42 Å². The molecule has 0 amide bonds. The van der Waals surface area contributed by atoms with Crippen LogP contribution >= 0.6 is 0 Å². The van der Waals surface area contributed by atoms with Gasteiger partial charge in [0.05, 0.1) is 6.20 Å². The Morgan fingerprint density at radius 2 is 2.00 bits per heavy atom. The van der Waals surface area contributed by atoms with Crippen molar-refractivity contribution >= 4 is 15.7 Å². The van der Waals surface area contributed by atoms with E-state index < -0.39 is 10.0 Å². The Bertz CT molecular complexity index is 651. The van der Waals surface area contributed by atoms with Gasteiger partial charge in [-0.3, -0.25) is 9.82 Å². The van der Waals surface area contributed by atoms with Crippen LogP contribution < -0.4 is 10.0 Å². The van der Waals surface area contributed by atoms with Crippen LogP contribution in [0.3, 0.4) is 0 Å². The molecular weight excluding hydrogens is 288 g/mol. The number of hydrogen-bond acceptors (Lipinski definition) is 4. The van der Waals surface area contributed by atoms with Crippen LogP contribution in [0.5, 0.6) is 0 Å².